The van der Waals surface area contributed by atoms with Crippen molar-refractivity contribution in [3.8, 4) is 11.5 Å². The smallest absolute Gasteiger partial charge is 0.261 e. The highest BCUT2D eigenvalue weighted by molar-refractivity contribution is 8.00. The van der Waals surface area contributed by atoms with Gasteiger partial charge in [-0.25, -0.2) is 0 Å². The Labute approximate surface area is 166 Å². The van der Waals surface area contributed by atoms with Crippen LogP contribution in [0, 0.1) is 6.92 Å². The fourth-order valence-electron chi connectivity index (χ4n) is 3.00. The Morgan fingerprint density at radius 3 is 2.89 bits per heavy atom. The molecule has 0 radical (unpaired) electrons. The molecule has 146 valence electrons. The van der Waals surface area contributed by atoms with Gasteiger partial charge >= 0.3 is 0 Å². The topological polar surface area (TPSA) is 86.3 Å². The number of carbonyl (C=O) groups is 1. The van der Waals surface area contributed by atoms with Gasteiger partial charge in [0, 0.05) is 24.7 Å². The maximum Gasteiger partial charge on any atom is 0.261 e. The van der Waals surface area contributed by atoms with Crippen LogP contribution in [0.15, 0.2) is 46.1 Å². The molecular weight excluding hydrogens is 378 g/mol. The third-order valence-corrected chi connectivity index (χ3v) is 5.52. The lowest BCUT2D eigenvalue weighted by Gasteiger charge is -2.33. The predicted octanol–water partition coefficient (Wildman–Crippen LogP) is 2.47. The summed E-state index contributed by atoms with van der Waals surface area (Å²) in [4.78, 5) is 20.2. The first-order valence-electron chi connectivity index (χ1n) is 8.99. The normalized spacial score (nSPS) is 17.1. The van der Waals surface area contributed by atoms with E-state index in [0.29, 0.717) is 37.2 Å². The Hall–Kier alpha value is -2.65. The second-order valence-electron chi connectivity index (χ2n) is 6.64. The molecule has 0 N–H and O–H groups in total. The van der Waals surface area contributed by atoms with Gasteiger partial charge < -0.3 is 14.2 Å². The maximum atomic E-state index is 12.9. The number of rotatable bonds is 5. The number of hydrogen-bond donors (Lipinski definition) is 0. The minimum Gasteiger partial charge on any atom is -0.377 e. The van der Waals surface area contributed by atoms with E-state index < -0.39 is 0 Å². The van der Waals surface area contributed by atoms with Crippen LogP contribution in [-0.2, 0) is 16.6 Å². The lowest BCUT2D eigenvalue weighted by Crippen LogP contribution is -2.44. The molecule has 8 nitrogen and oxygen atoms in total. The molecule has 2 aromatic heterocycles. The molecule has 0 saturated carbocycles. The Morgan fingerprint density at radius 1 is 1.32 bits per heavy atom. The second kappa shape index (κ2) is 8.15. The quantitative estimate of drug-likeness (QED) is 0.609. The zero-order valence-electron chi connectivity index (χ0n) is 15.7. The number of hydrogen-bond acceptors (Lipinski definition) is 7. The molecule has 3 heterocycles. The third-order valence-electron chi connectivity index (χ3n) is 4.52. The molecule has 9 heteroatoms. The van der Waals surface area contributed by atoms with Gasteiger partial charge in [0.2, 0.25) is 5.91 Å². The van der Waals surface area contributed by atoms with Crippen molar-refractivity contribution in [2.75, 3.05) is 25.5 Å². The first kappa shape index (κ1) is 18.7. The van der Waals surface area contributed by atoms with Gasteiger partial charge in [0.1, 0.15) is 6.04 Å². The summed E-state index contributed by atoms with van der Waals surface area (Å²) in [6, 6.07) is 7.80. The molecule has 3 aromatic rings. The molecular formula is C19H21N5O3S. The summed E-state index contributed by atoms with van der Waals surface area (Å²) >= 11 is 1.53. The van der Waals surface area contributed by atoms with Crippen molar-refractivity contribution in [1.29, 1.82) is 0 Å². The van der Waals surface area contributed by atoms with Crippen LogP contribution in [0.1, 0.15) is 17.4 Å². The van der Waals surface area contributed by atoms with Crippen LogP contribution in [0.2, 0.25) is 0 Å². The SMILES string of the molecule is Cc1ccc(SCC(=O)N2CCOC[C@@H]2c2noc(-c3cnn(C)c3)n2)cc1. The predicted molar refractivity (Wildman–Crippen MR) is 104 cm³/mol. The number of amides is 1. The van der Waals surface area contributed by atoms with Gasteiger partial charge in [0.15, 0.2) is 5.82 Å². The number of aryl methyl sites for hydroxylation is 2. The molecule has 28 heavy (non-hydrogen) atoms. The molecule has 1 aliphatic heterocycles. The van der Waals surface area contributed by atoms with Crippen molar-refractivity contribution >= 4 is 17.7 Å². The number of ether oxygens (including phenoxy) is 1. The van der Waals surface area contributed by atoms with E-state index in [4.69, 9.17) is 9.26 Å². The largest absolute Gasteiger partial charge is 0.377 e. The van der Waals surface area contributed by atoms with Gasteiger partial charge in [-0.1, -0.05) is 22.9 Å². The lowest BCUT2D eigenvalue weighted by molar-refractivity contribution is -0.137. The third kappa shape index (κ3) is 4.10. The minimum atomic E-state index is -0.353. The fraction of sp³-hybridized carbons (Fsp3) is 0.368. The lowest BCUT2D eigenvalue weighted by atomic mass is 10.2. The number of morpholine rings is 1. The Bertz CT molecular complexity index is 953. The van der Waals surface area contributed by atoms with Gasteiger partial charge in [-0.15, -0.1) is 11.8 Å². The zero-order valence-corrected chi connectivity index (χ0v) is 16.6. The molecule has 1 amide bonds. The molecule has 0 aliphatic carbocycles. The number of thioether (sulfide) groups is 1. The van der Waals surface area contributed by atoms with Gasteiger partial charge in [-0.3, -0.25) is 9.48 Å². The second-order valence-corrected chi connectivity index (χ2v) is 7.69. The van der Waals surface area contributed by atoms with E-state index in [9.17, 15) is 4.79 Å². The van der Waals surface area contributed by atoms with Crippen LogP contribution in [-0.4, -0.2) is 56.2 Å². The summed E-state index contributed by atoms with van der Waals surface area (Å²) in [6.45, 7) is 3.41. The molecule has 1 fully saturated rings. The fourth-order valence-corrected chi connectivity index (χ4v) is 3.78. The van der Waals surface area contributed by atoms with Crippen molar-refractivity contribution in [2.45, 2.75) is 17.9 Å². The Kier molecular flexibility index (Phi) is 5.45. The molecule has 4 rings (SSSR count). The number of benzene rings is 1. The number of aromatic nitrogens is 4. The Balaban J connectivity index is 1.46. The molecule has 0 unspecified atom stereocenters. The zero-order chi connectivity index (χ0) is 19.5. The van der Waals surface area contributed by atoms with Gasteiger partial charge in [0.25, 0.3) is 5.89 Å². The maximum absolute atomic E-state index is 12.9. The van der Waals surface area contributed by atoms with Crippen LogP contribution in [0.3, 0.4) is 0 Å². The summed E-state index contributed by atoms with van der Waals surface area (Å²) in [5, 5.41) is 8.20. The monoisotopic (exact) mass is 399 g/mol. The highest BCUT2D eigenvalue weighted by Gasteiger charge is 2.32. The molecule has 1 aromatic carbocycles. The van der Waals surface area contributed by atoms with Crippen LogP contribution in [0.5, 0.6) is 0 Å². The first-order valence-corrected chi connectivity index (χ1v) is 9.98. The molecule has 1 aliphatic rings. The highest BCUT2D eigenvalue weighted by Crippen LogP contribution is 2.27. The van der Waals surface area contributed by atoms with E-state index in [-0.39, 0.29) is 11.9 Å². The molecule has 0 spiro atoms. The van der Waals surface area contributed by atoms with Crippen molar-refractivity contribution in [3.05, 3.63) is 48.0 Å². The van der Waals surface area contributed by atoms with E-state index in [0.717, 1.165) is 10.5 Å². The summed E-state index contributed by atoms with van der Waals surface area (Å²) < 4.78 is 12.6. The van der Waals surface area contributed by atoms with Crippen LogP contribution in [0.4, 0.5) is 0 Å². The van der Waals surface area contributed by atoms with Crippen LogP contribution in [0.25, 0.3) is 11.5 Å². The van der Waals surface area contributed by atoms with E-state index in [1.54, 1.807) is 22.0 Å². The van der Waals surface area contributed by atoms with E-state index >= 15 is 0 Å². The summed E-state index contributed by atoms with van der Waals surface area (Å²) in [6.07, 6.45) is 3.46. The van der Waals surface area contributed by atoms with Crippen molar-refractivity contribution < 1.29 is 14.1 Å². The minimum absolute atomic E-state index is 0.0339. The molecule has 1 atom stereocenters. The Morgan fingerprint density at radius 2 is 2.14 bits per heavy atom. The van der Waals surface area contributed by atoms with E-state index in [1.165, 1.54) is 17.3 Å². The average molecular weight is 399 g/mol. The van der Waals surface area contributed by atoms with Gasteiger partial charge in [-0.2, -0.15) is 10.1 Å². The van der Waals surface area contributed by atoms with Gasteiger partial charge in [0.05, 0.1) is 30.7 Å². The summed E-state index contributed by atoms with van der Waals surface area (Å²) in [5.74, 6) is 1.22. The van der Waals surface area contributed by atoms with E-state index in [1.807, 2.05) is 38.2 Å². The van der Waals surface area contributed by atoms with Crippen molar-refractivity contribution in [2.24, 2.45) is 7.05 Å². The summed E-state index contributed by atoms with van der Waals surface area (Å²) in [5.41, 5.74) is 1.94. The highest BCUT2D eigenvalue weighted by atomic mass is 32.2. The first-order chi connectivity index (χ1) is 13.6. The van der Waals surface area contributed by atoms with Crippen molar-refractivity contribution in [3.63, 3.8) is 0 Å². The van der Waals surface area contributed by atoms with Crippen molar-refractivity contribution in [1.82, 2.24) is 24.8 Å². The summed E-state index contributed by atoms with van der Waals surface area (Å²) in [7, 11) is 1.82. The molecule has 0 bridgehead atoms. The average Bonchev–Trinajstić information content (AvgIpc) is 3.36. The van der Waals surface area contributed by atoms with Crippen LogP contribution < -0.4 is 0 Å². The number of nitrogens with zero attached hydrogens (tertiary/aromatic N) is 5. The van der Waals surface area contributed by atoms with Gasteiger partial charge in [-0.05, 0) is 19.1 Å². The molecule has 1 saturated heterocycles. The van der Waals surface area contributed by atoms with Crippen LogP contribution >= 0.6 is 11.8 Å². The van der Waals surface area contributed by atoms with E-state index in [2.05, 4.69) is 15.2 Å². The number of carbonyl (C=O) groups excluding carboxylic acids is 1. The standard InChI is InChI=1S/C19H21N5O3S/c1-13-3-5-15(6-4-13)28-12-17(25)24-7-8-26-11-16(24)18-21-19(27-22-18)14-9-20-23(2)10-14/h3-6,9-10,16H,7-8,11-12H2,1-2H3/t16-/m1/s1.